The van der Waals surface area contributed by atoms with Crippen LogP contribution in [0.15, 0.2) is 59.6 Å². The fraction of sp³-hybridized carbons (Fsp3) is 0.263. The minimum absolute atomic E-state index is 0. The molecule has 2 aromatic carbocycles. The molecule has 0 aliphatic carbocycles. The molecule has 0 fully saturated rings. The van der Waals surface area contributed by atoms with Gasteiger partial charge >= 0.3 is 0 Å². The van der Waals surface area contributed by atoms with Crippen LogP contribution in [-0.2, 0) is 11.3 Å². The Morgan fingerprint density at radius 3 is 2.62 bits per heavy atom. The van der Waals surface area contributed by atoms with Gasteiger partial charge < -0.3 is 20.7 Å². The molecule has 0 atom stereocenters. The lowest BCUT2D eigenvalue weighted by Gasteiger charge is -2.16. The molecule has 0 aliphatic rings. The zero-order valence-electron chi connectivity index (χ0n) is 15.0. The third-order valence-corrected chi connectivity index (χ3v) is 3.64. The highest BCUT2D eigenvalue weighted by Crippen LogP contribution is 2.16. The number of hydrogen-bond donors (Lipinski definition) is 2. The molecule has 2 rings (SSSR count). The summed E-state index contributed by atoms with van der Waals surface area (Å²) >= 11 is 0. The standard InChI is InChI=1S/C19H24N4O2.HI/c1-23(14-15-7-4-3-5-8-15)18(24)11-12-21-19(20)22-16-9-6-10-17(13-16)25-2;/h3-10,13H,11-12,14H2,1-2H3,(H3,20,21,22);1H. The fourth-order valence-electron chi connectivity index (χ4n) is 2.30. The topological polar surface area (TPSA) is 80.0 Å². The number of methoxy groups -OCH3 is 1. The van der Waals surface area contributed by atoms with Crippen molar-refractivity contribution in [1.29, 1.82) is 0 Å². The van der Waals surface area contributed by atoms with Crippen molar-refractivity contribution in [2.75, 3.05) is 26.0 Å². The number of anilines is 1. The number of nitrogens with one attached hydrogen (secondary N) is 1. The Labute approximate surface area is 171 Å². The fourth-order valence-corrected chi connectivity index (χ4v) is 2.30. The quantitative estimate of drug-likeness (QED) is 0.372. The molecule has 0 unspecified atom stereocenters. The number of carbonyl (C=O) groups is 1. The summed E-state index contributed by atoms with van der Waals surface area (Å²) in [6, 6.07) is 17.3. The predicted molar refractivity (Wildman–Crippen MR) is 116 cm³/mol. The number of hydrogen-bond acceptors (Lipinski definition) is 3. The van der Waals surface area contributed by atoms with Crippen LogP contribution in [0, 0.1) is 0 Å². The van der Waals surface area contributed by atoms with Crippen LogP contribution in [-0.4, -0.2) is 37.5 Å². The number of guanidine groups is 1. The van der Waals surface area contributed by atoms with Gasteiger partial charge in [0.2, 0.25) is 5.91 Å². The highest BCUT2D eigenvalue weighted by molar-refractivity contribution is 14.0. The van der Waals surface area contributed by atoms with E-state index in [0.29, 0.717) is 19.5 Å². The van der Waals surface area contributed by atoms with E-state index in [0.717, 1.165) is 17.0 Å². The van der Waals surface area contributed by atoms with Crippen LogP contribution < -0.4 is 15.8 Å². The summed E-state index contributed by atoms with van der Waals surface area (Å²) in [6.45, 7) is 0.918. The van der Waals surface area contributed by atoms with Gasteiger partial charge in [0.25, 0.3) is 0 Å². The lowest BCUT2D eigenvalue weighted by Crippen LogP contribution is -2.27. The van der Waals surface area contributed by atoms with Gasteiger partial charge in [-0.1, -0.05) is 36.4 Å². The number of ether oxygens (including phenoxy) is 1. The molecule has 1 amide bonds. The summed E-state index contributed by atoms with van der Waals surface area (Å²) in [7, 11) is 3.39. The minimum atomic E-state index is 0. The Morgan fingerprint density at radius 1 is 1.19 bits per heavy atom. The zero-order chi connectivity index (χ0) is 18.1. The molecule has 0 saturated carbocycles. The van der Waals surface area contributed by atoms with E-state index in [1.807, 2.05) is 54.6 Å². The van der Waals surface area contributed by atoms with E-state index >= 15 is 0 Å². The predicted octanol–water partition coefficient (Wildman–Crippen LogP) is 3.09. The first-order chi connectivity index (χ1) is 12.1. The summed E-state index contributed by atoms with van der Waals surface area (Å²) in [5.41, 5.74) is 7.74. The maximum atomic E-state index is 12.1. The Bertz CT molecular complexity index is 722. The van der Waals surface area contributed by atoms with Crippen LogP contribution in [0.2, 0.25) is 0 Å². The SMILES string of the molecule is COc1cccc(NC(N)=NCCC(=O)N(C)Cc2ccccc2)c1.I. The Hall–Kier alpha value is -2.29. The van der Waals surface area contributed by atoms with Crippen molar-refractivity contribution < 1.29 is 9.53 Å². The first kappa shape index (κ1) is 21.8. The molecule has 7 heteroatoms. The number of halogens is 1. The second-order valence-corrected chi connectivity index (χ2v) is 5.61. The second-order valence-electron chi connectivity index (χ2n) is 5.61. The molecular formula is C19H25IN4O2. The highest BCUT2D eigenvalue weighted by Gasteiger charge is 2.08. The van der Waals surface area contributed by atoms with E-state index in [9.17, 15) is 4.79 Å². The zero-order valence-corrected chi connectivity index (χ0v) is 17.3. The Morgan fingerprint density at radius 2 is 1.92 bits per heavy atom. The number of nitrogens with two attached hydrogens (primary N) is 1. The number of nitrogens with zero attached hydrogens (tertiary/aromatic N) is 2. The summed E-state index contributed by atoms with van der Waals surface area (Å²) in [4.78, 5) is 18.0. The lowest BCUT2D eigenvalue weighted by molar-refractivity contribution is -0.130. The van der Waals surface area contributed by atoms with Gasteiger partial charge in [-0.05, 0) is 17.7 Å². The van der Waals surface area contributed by atoms with E-state index < -0.39 is 0 Å². The molecule has 0 saturated heterocycles. The highest BCUT2D eigenvalue weighted by atomic mass is 127. The number of benzene rings is 2. The van der Waals surface area contributed by atoms with E-state index in [-0.39, 0.29) is 35.8 Å². The summed E-state index contributed by atoms with van der Waals surface area (Å²) < 4.78 is 5.15. The van der Waals surface area contributed by atoms with Gasteiger partial charge in [0.15, 0.2) is 5.96 Å². The van der Waals surface area contributed by atoms with E-state index in [4.69, 9.17) is 10.5 Å². The van der Waals surface area contributed by atoms with Gasteiger partial charge in [0.1, 0.15) is 5.75 Å². The van der Waals surface area contributed by atoms with Crippen LogP contribution in [0.1, 0.15) is 12.0 Å². The minimum Gasteiger partial charge on any atom is -0.497 e. The third-order valence-electron chi connectivity index (χ3n) is 3.64. The van der Waals surface area contributed by atoms with Crippen molar-refractivity contribution in [3.05, 3.63) is 60.2 Å². The average Bonchev–Trinajstić information content (AvgIpc) is 2.62. The van der Waals surface area contributed by atoms with Gasteiger partial charge in [0, 0.05) is 31.8 Å². The summed E-state index contributed by atoms with van der Waals surface area (Å²) in [5.74, 6) is 1.03. The Balaban J connectivity index is 0.00000338. The second kappa shape index (κ2) is 11.3. The molecular weight excluding hydrogens is 443 g/mol. The summed E-state index contributed by atoms with van der Waals surface area (Å²) in [6.07, 6.45) is 0.309. The van der Waals surface area contributed by atoms with E-state index in [1.165, 1.54) is 0 Å². The molecule has 0 spiro atoms. The molecule has 0 radical (unpaired) electrons. The molecule has 0 aromatic heterocycles. The number of rotatable bonds is 7. The number of aliphatic imine (C=N–C) groups is 1. The monoisotopic (exact) mass is 468 g/mol. The van der Waals surface area contributed by atoms with Gasteiger partial charge in [-0.3, -0.25) is 9.79 Å². The van der Waals surface area contributed by atoms with Gasteiger partial charge in [-0.2, -0.15) is 0 Å². The van der Waals surface area contributed by atoms with Gasteiger partial charge in [-0.25, -0.2) is 0 Å². The largest absolute Gasteiger partial charge is 0.497 e. The van der Waals surface area contributed by atoms with Gasteiger partial charge in [0.05, 0.1) is 13.7 Å². The van der Waals surface area contributed by atoms with Crippen LogP contribution >= 0.6 is 24.0 Å². The molecule has 3 N–H and O–H groups in total. The van der Waals surface area contributed by atoms with Gasteiger partial charge in [-0.15, -0.1) is 24.0 Å². The van der Waals surface area contributed by atoms with Crippen LogP contribution in [0.25, 0.3) is 0 Å². The van der Waals surface area contributed by atoms with Crippen LogP contribution in [0.3, 0.4) is 0 Å². The molecule has 2 aromatic rings. The molecule has 140 valence electrons. The molecule has 26 heavy (non-hydrogen) atoms. The summed E-state index contributed by atoms with van der Waals surface area (Å²) in [5, 5.41) is 2.98. The van der Waals surface area contributed by atoms with Crippen LogP contribution in [0.4, 0.5) is 5.69 Å². The van der Waals surface area contributed by atoms with Crippen molar-refractivity contribution in [2.24, 2.45) is 10.7 Å². The van der Waals surface area contributed by atoms with Crippen molar-refractivity contribution in [2.45, 2.75) is 13.0 Å². The smallest absolute Gasteiger partial charge is 0.224 e. The van der Waals surface area contributed by atoms with E-state index in [1.54, 1.807) is 19.1 Å². The van der Waals surface area contributed by atoms with E-state index in [2.05, 4.69) is 10.3 Å². The maximum absolute atomic E-state index is 12.1. The van der Waals surface area contributed by atoms with Crippen molar-refractivity contribution in [3.63, 3.8) is 0 Å². The first-order valence-corrected chi connectivity index (χ1v) is 8.07. The third kappa shape index (κ3) is 7.30. The maximum Gasteiger partial charge on any atom is 0.224 e. The van der Waals surface area contributed by atoms with Crippen LogP contribution in [0.5, 0.6) is 5.75 Å². The first-order valence-electron chi connectivity index (χ1n) is 8.07. The Kier molecular flexibility index (Phi) is 9.50. The number of amides is 1. The molecule has 0 aliphatic heterocycles. The molecule has 0 heterocycles. The van der Waals surface area contributed by atoms with Crippen molar-refractivity contribution >= 4 is 41.5 Å². The van der Waals surface area contributed by atoms with Crippen molar-refractivity contribution in [3.8, 4) is 5.75 Å². The number of carbonyl (C=O) groups excluding carboxylic acids is 1. The molecule has 6 nitrogen and oxygen atoms in total. The normalized spacial score (nSPS) is 10.6. The van der Waals surface area contributed by atoms with Crippen molar-refractivity contribution in [1.82, 2.24) is 4.90 Å². The average molecular weight is 468 g/mol. The molecule has 0 bridgehead atoms. The lowest BCUT2D eigenvalue weighted by atomic mass is 10.2.